The van der Waals surface area contributed by atoms with Crippen molar-refractivity contribution in [3.63, 3.8) is 0 Å². The highest BCUT2D eigenvalue weighted by atomic mass is 35.5. The summed E-state index contributed by atoms with van der Waals surface area (Å²) in [6.07, 6.45) is 7.09. The van der Waals surface area contributed by atoms with Gasteiger partial charge in [-0.25, -0.2) is 9.97 Å². The molecule has 0 aliphatic carbocycles. The number of nitrogens with zero attached hydrogens (tertiary/aromatic N) is 3. The van der Waals surface area contributed by atoms with E-state index in [0.717, 1.165) is 59.3 Å². The Morgan fingerprint density at radius 1 is 0.920 bits per heavy atom. The number of hydrogen-bond donors (Lipinski definition) is 3. The van der Waals surface area contributed by atoms with Gasteiger partial charge in [-0.05, 0) is 43.0 Å². The molecule has 3 aromatic heterocycles. The lowest BCUT2D eigenvalue weighted by Crippen LogP contribution is -2.35. The molecule has 2 fully saturated rings. The highest BCUT2D eigenvalue weighted by molar-refractivity contribution is 6.39. The van der Waals surface area contributed by atoms with E-state index in [1.165, 1.54) is 0 Å². The maximum Gasteiger partial charge on any atom is 0.262 e. The number of ether oxygens (including phenoxy) is 2. The molecule has 2 saturated heterocycles. The van der Waals surface area contributed by atoms with E-state index in [9.17, 15) is 9.59 Å². The highest BCUT2D eigenvalue weighted by Gasteiger charge is 2.21. The average molecular weight is 714 g/mol. The summed E-state index contributed by atoms with van der Waals surface area (Å²) < 4.78 is 12.9. The zero-order valence-corrected chi connectivity index (χ0v) is 29.2. The minimum atomic E-state index is -0.113. The van der Waals surface area contributed by atoms with E-state index in [1.807, 2.05) is 60.7 Å². The number of benzene rings is 2. The summed E-state index contributed by atoms with van der Waals surface area (Å²) in [5, 5.41) is 10.7. The second-order valence-electron chi connectivity index (χ2n) is 12.6. The van der Waals surface area contributed by atoms with Gasteiger partial charge in [0, 0.05) is 91.0 Å². The number of carbonyl (C=O) groups is 1. The number of rotatable bonds is 12. The minimum absolute atomic E-state index is 0.0971. The number of nitrogens with one attached hydrogen (secondary N) is 3. The summed E-state index contributed by atoms with van der Waals surface area (Å²) in [6, 6.07) is 19.4. The molecule has 5 aromatic rings. The van der Waals surface area contributed by atoms with Gasteiger partial charge in [-0.1, -0.05) is 65.7 Å². The van der Waals surface area contributed by atoms with Crippen LogP contribution in [-0.2, 0) is 22.6 Å². The molecule has 0 spiro atoms. The largest absolute Gasteiger partial charge is 0.481 e. The Morgan fingerprint density at radius 2 is 1.66 bits per heavy atom. The quantitative estimate of drug-likeness (QED) is 0.143. The molecule has 2 atom stereocenters. The molecule has 5 heterocycles. The van der Waals surface area contributed by atoms with Crippen molar-refractivity contribution < 1.29 is 14.3 Å². The summed E-state index contributed by atoms with van der Waals surface area (Å²) >= 11 is 14.2. The maximum atomic E-state index is 13.2. The molecule has 0 saturated carbocycles. The second kappa shape index (κ2) is 15.3. The summed E-state index contributed by atoms with van der Waals surface area (Å²) in [5.74, 6) is 0.595. The smallest absolute Gasteiger partial charge is 0.262 e. The van der Waals surface area contributed by atoms with Crippen molar-refractivity contribution in [1.29, 1.82) is 0 Å². The van der Waals surface area contributed by atoms with E-state index in [-0.39, 0.29) is 23.6 Å². The lowest BCUT2D eigenvalue weighted by molar-refractivity contribution is -0.119. The molecule has 1 amide bonds. The van der Waals surface area contributed by atoms with Gasteiger partial charge < -0.3 is 25.4 Å². The van der Waals surface area contributed by atoms with Gasteiger partial charge in [0.1, 0.15) is 5.65 Å². The first-order chi connectivity index (χ1) is 24.4. The lowest BCUT2D eigenvalue weighted by Gasteiger charge is -2.16. The summed E-state index contributed by atoms with van der Waals surface area (Å²) in [6.45, 7) is 3.16. The van der Waals surface area contributed by atoms with Gasteiger partial charge in [0.15, 0.2) is 0 Å². The molecule has 2 aliphatic heterocycles. The second-order valence-corrected chi connectivity index (χ2v) is 13.4. The Bertz CT molecular complexity index is 2100. The molecule has 7 rings (SSSR count). The van der Waals surface area contributed by atoms with Gasteiger partial charge in [-0.3, -0.25) is 14.0 Å². The predicted molar refractivity (Wildman–Crippen MR) is 196 cm³/mol. The predicted octanol–water partition coefficient (Wildman–Crippen LogP) is 6.04. The van der Waals surface area contributed by atoms with Crippen molar-refractivity contribution in [2.24, 2.45) is 0 Å². The van der Waals surface area contributed by atoms with Crippen molar-refractivity contribution in [3.05, 3.63) is 105 Å². The lowest BCUT2D eigenvalue weighted by atomic mass is 9.97. The van der Waals surface area contributed by atoms with Crippen LogP contribution in [0, 0.1) is 0 Å². The van der Waals surface area contributed by atoms with Crippen LogP contribution in [0.25, 0.3) is 39.2 Å². The van der Waals surface area contributed by atoms with Gasteiger partial charge in [-0.2, -0.15) is 0 Å². The van der Waals surface area contributed by atoms with Crippen LogP contribution in [0.5, 0.6) is 5.88 Å². The molecule has 0 unspecified atom stereocenters. The minimum Gasteiger partial charge on any atom is -0.481 e. The Balaban J connectivity index is 1.11. The molecule has 3 N–H and O–H groups in total. The number of aromatic nitrogens is 3. The third kappa shape index (κ3) is 7.26. The van der Waals surface area contributed by atoms with Crippen LogP contribution < -0.4 is 26.2 Å². The summed E-state index contributed by atoms with van der Waals surface area (Å²) in [4.78, 5) is 34.1. The van der Waals surface area contributed by atoms with E-state index >= 15 is 0 Å². The van der Waals surface area contributed by atoms with Crippen molar-refractivity contribution >= 4 is 34.8 Å². The number of methoxy groups -OCH3 is 1. The van der Waals surface area contributed by atoms with Crippen molar-refractivity contribution in [3.8, 4) is 39.4 Å². The number of pyridine rings is 2. The molecular formula is C38H38Cl2N6O4. The number of hydrogen-bond acceptors (Lipinski definition) is 8. The van der Waals surface area contributed by atoms with Crippen LogP contribution in [0.2, 0.25) is 10.0 Å². The first-order valence-corrected chi connectivity index (χ1v) is 17.6. The highest BCUT2D eigenvalue weighted by Crippen LogP contribution is 2.42. The summed E-state index contributed by atoms with van der Waals surface area (Å²) in [7, 11) is 1.60. The first kappa shape index (κ1) is 34.1. The standard InChI is InChI=1S/C38H38Cl2N6O4/c1-49-37-24(18-41-21-26-11-13-34(47)44-26)10-12-32(45-37)31-9-3-8-30(36(31)40)29-7-2-6-28(35(29)39)23-14-15-46-33(17-23)43-20-25(38(46)48)19-42-22-27-5-4-16-50-27/h2-3,6-10,12,14-15,17,20,26-27,41-42H,4-5,11,13,16,18-19,21-22H2,1H3,(H,44,47)/t26-,27+/m1/s1. The van der Waals surface area contributed by atoms with Crippen molar-refractivity contribution in [2.45, 2.75) is 50.9 Å². The number of carbonyl (C=O) groups excluding carboxylic acids is 1. The molecule has 258 valence electrons. The van der Waals surface area contributed by atoms with Crippen LogP contribution in [0.1, 0.15) is 36.8 Å². The number of fused-ring (bicyclic) bond motifs is 1. The van der Waals surface area contributed by atoms with E-state index in [0.29, 0.717) is 65.4 Å². The average Bonchev–Trinajstić information content (AvgIpc) is 3.81. The number of amides is 1. The van der Waals surface area contributed by atoms with Crippen molar-refractivity contribution in [1.82, 2.24) is 30.3 Å². The Labute approximate surface area is 300 Å². The van der Waals surface area contributed by atoms with Gasteiger partial charge in [-0.15, -0.1) is 0 Å². The first-order valence-electron chi connectivity index (χ1n) is 16.8. The third-order valence-electron chi connectivity index (χ3n) is 9.29. The maximum absolute atomic E-state index is 13.2. The Kier molecular flexibility index (Phi) is 10.4. The monoisotopic (exact) mass is 712 g/mol. The fraction of sp³-hybridized carbons (Fsp3) is 0.316. The number of halogens is 2. The Hall–Kier alpha value is -4.32. The van der Waals surface area contributed by atoms with E-state index in [1.54, 1.807) is 23.9 Å². The van der Waals surface area contributed by atoms with Gasteiger partial charge >= 0.3 is 0 Å². The Morgan fingerprint density at radius 3 is 2.40 bits per heavy atom. The molecule has 0 bridgehead atoms. The molecule has 50 heavy (non-hydrogen) atoms. The molecule has 10 nitrogen and oxygen atoms in total. The molecule has 2 aliphatic rings. The normalized spacial score (nSPS) is 17.4. The van der Waals surface area contributed by atoms with Crippen LogP contribution in [0.15, 0.2) is 77.9 Å². The van der Waals surface area contributed by atoms with Gasteiger partial charge in [0.2, 0.25) is 11.8 Å². The molecule has 0 radical (unpaired) electrons. The van der Waals surface area contributed by atoms with Crippen LogP contribution in [0.3, 0.4) is 0 Å². The van der Waals surface area contributed by atoms with Crippen molar-refractivity contribution in [2.75, 3.05) is 26.8 Å². The van der Waals surface area contributed by atoms with Crippen LogP contribution in [0.4, 0.5) is 0 Å². The summed E-state index contributed by atoms with van der Waals surface area (Å²) in [5.41, 5.74) is 6.46. The molecular weight excluding hydrogens is 675 g/mol. The van der Waals surface area contributed by atoms with Gasteiger partial charge in [0.25, 0.3) is 5.56 Å². The SMILES string of the molecule is COc1nc(-c2cccc(-c3cccc(-c4ccn5c(=O)c(CNC[C@@H]6CCCO6)cnc5c4)c3Cl)c2Cl)ccc1CNC[C@H]1CCC(=O)N1. The topological polar surface area (TPSA) is 119 Å². The van der Waals surface area contributed by atoms with Crippen LogP contribution in [-0.4, -0.2) is 59.2 Å². The molecule has 2 aromatic carbocycles. The molecule has 12 heteroatoms. The van der Waals surface area contributed by atoms with E-state index in [4.69, 9.17) is 37.7 Å². The fourth-order valence-corrected chi connectivity index (χ4v) is 7.28. The van der Waals surface area contributed by atoms with Crippen LogP contribution >= 0.6 is 23.2 Å². The third-order valence-corrected chi connectivity index (χ3v) is 10.1. The zero-order chi connectivity index (χ0) is 34.6. The zero-order valence-electron chi connectivity index (χ0n) is 27.7. The van der Waals surface area contributed by atoms with E-state index < -0.39 is 0 Å². The fourth-order valence-electron chi connectivity index (χ4n) is 6.62. The van der Waals surface area contributed by atoms with E-state index in [2.05, 4.69) is 20.9 Å². The van der Waals surface area contributed by atoms with Gasteiger partial charge in [0.05, 0.1) is 29.0 Å².